The summed E-state index contributed by atoms with van der Waals surface area (Å²) in [7, 11) is 0. The van der Waals surface area contributed by atoms with Crippen molar-refractivity contribution in [1.29, 1.82) is 0 Å². The van der Waals surface area contributed by atoms with Gasteiger partial charge >= 0.3 is 6.03 Å². The summed E-state index contributed by atoms with van der Waals surface area (Å²) in [5.74, 6) is -0.0187. The largest absolute Gasteiger partial charge is 0.378 e. The van der Waals surface area contributed by atoms with Crippen LogP contribution in [0.25, 0.3) is 0 Å². The van der Waals surface area contributed by atoms with E-state index in [1.165, 1.54) is 12.8 Å². The van der Waals surface area contributed by atoms with Crippen LogP contribution >= 0.6 is 0 Å². The molecule has 2 N–H and O–H groups in total. The number of anilines is 1. The zero-order chi connectivity index (χ0) is 18.6. The molecule has 1 saturated carbocycles. The van der Waals surface area contributed by atoms with E-state index in [4.69, 9.17) is 4.74 Å². The van der Waals surface area contributed by atoms with E-state index in [0.29, 0.717) is 37.6 Å². The Morgan fingerprint density at radius 1 is 1.00 bits per heavy atom. The Kier molecular flexibility index (Phi) is 5.59. The smallest absolute Gasteiger partial charge is 0.319 e. The van der Waals surface area contributed by atoms with Crippen molar-refractivity contribution in [3.63, 3.8) is 0 Å². The van der Waals surface area contributed by atoms with Crippen LogP contribution in [0.3, 0.4) is 0 Å². The highest BCUT2D eigenvalue weighted by atomic mass is 16.5. The predicted octanol–water partition coefficient (Wildman–Crippen LogP) is 1.91. The highest BCUT2D eigenvalue weighted by molar-refractivity contribution is 5.97. The van der Waals surface area contributed by atoms with Crippen molar-refractivity contribution >= 4 is 17.6 Å². The minimum absolute atomic E-state index is 0.0187. The molecule has 2 saturated heterocycles. The number of urea groups is 1. The van der Waals surface area contributed by atoms with Crippen molar-refractivity contribution < 1.29 is 14.3 Å². The zero-order valence-corrected chi connectivity index (χ0v) is 15.7. The van der Waals surface area contributed by atoms with Gasteiger partial charge in [0, 0.05) is 49.5 Å². The molecule has 1 aliphatic carbocycles. The number of carbonyl (C=O) groups is 2. The average molecular weight is 372 g/mol. The second-order valence-corrected chi connectivity index (χ2v) is 7.63. The van der Waals surface area contributed by atoms with Crippen LogP contribution in [0.2, 0.25) is 0 Å². The van der Waals surface area contributed by atoms with Gasteiger partial charge in [0.05, 0.1) is 13.2 Å². The summed E-state index contributed by atoms with van der Waals surface area (Å²) in [6.45, 7) is 4.50. The fourth-order valence-corrected chi connectivity index (χ4v) is 3.88. The molecule has 146 valence electrons. The zero-order valence-electron chi connectivity index (χ0n) is 15.7. The van der Waals surface area contributed by atoms with Gasteiger partial charge in [-0.05, 0) is 43.9 Å². The maximum absolute atomic E-state index is 12.6. The average Bonchev–Trinajstić information content (AvgIpc) is 3.54. The number of nitrogens with zero attached hydrogens (tertiary/aromatic N) is 2. The number of piperidine rings is 1. The molecule has 1 aromatic rings. The van der Waals surface area contributed by atoms with E-state index >= 15 is 0 Å². The molecule has 7 heteroatoms. The van der Waals surface area contributed by atoms with E-state index in [2.05, 4.69) is 15.5 Å². The number of hydrogen-bond donors (Lipinski definition) is 2. The Balaban J connectivity index is 1.28. The maximum Gasteiger partial charge on any atom is 0.319 e. The quantitative estimate of drug-likeness (QED) is 0.847. The van der Waals surface area contributed by atoms with Gasteiger partial charge in [-0.3, -0.25) is 4.79 Å². The van der Waals surface area contributed by atoms with Gasteiger partial charge < -0.3 is 25.2 Å². The van der Waals surface area contributed by atoms with E-state index in [1.54, 1.807) is 23.1 Å². The number of rotatable bonds is 4. The summed E-state index contributed by atoms with van der Waals surface area (Å²) >= 11 is 0. The first-order chi connectivity index (χ1) is 13.2. The van der Waals surface area contributed by atoms with Gasteiger partial charge in [-0.15, -0.1) is 0 Å². The molecule has 0 unspecified atom stereocenters. The monoisotopic (exact) mass is 372 g/mol. The normalized spacial score (nSPS) is 21.7. The molecule has 4 rings (SSSR count). The van der Waals surface area contributed by atoms with Crippen LogP contribution in [0.1, 0.15) is 36.0 Å². The van der Waals surface area contributed by atoms with Gasteiger partial charge in [-0.1, -0.05) is 6.07 Å². The van der Waals surface area contributed by atoms with Crippen molar-refractivity contribution in [3.05, 3.63) is 29.8 Å². The molecule has 0 atom stereocenters. The molecule has 2 heterocycles. The lowest BCUT2D eigenvalue weighted by molar-refractivity contribution is 0.0303. The number of hydrogen-bond acceptors (Lipinski definition) is 4. The lowest BCUT2D eigenvalue weighted by Crippen LogP contribution is -2.46. The Morgan fingerprint density at radius 2 is 1.74 bits per heavy atom. The first-order valence-corrected chi connectivity index (χ1v) is 9.98. The fourth-order valence-electron chi connectivity index (χ4n) is 3.88. The summed E-state index contributed by atoms with van der Waals surface area (Å²) < 4.78 is 5.30. The third kappa shape index (κ3) is 4.78. The molecule has 0 bridgehead atoms. The van der Waals surface area contributed by atoms with Crippen LogP contribution in [0.15, 0.2) is 24.3 Å². The second kappa shape index (κ2) is 8.27. The van der Waals surface area contributed by atoms with E-state index in [1.807, 2.05) is 6.07 Å². The fraction of sp³-hybridized carbons (Fsp3) is 0.600. The highest BCUT2D eigenvalue weighted by Gasteiger charge is 2.32. The van der Waals surface area contributed by atoms with Crippen LogP contribution in [0.5, 0.6) is 0 Å². The summed E-state index contributed by atoms with van der Waals surface area (Å²) in [5, 5.41) is 5.95. The van der Waals surface area contributed by atoms with E-state index in [0.717, 1.165) is 32.0 Å². The number of amides is 3. The SMILES string of the molecule is O=C(Nc1cccc(C(=O)N2CCOCC2)c1)NC1CCN(C2CC2)CC1. The first-order valence-electron chi connectivity index (χ1n) is 9.98. The summed E-state index contributed by atoms with van der Waals surface area (Å²) in [4.78, 5) is 29.3. The van der Waals surface area contributed by atoms with Crippen molar-refractivity contribution in [3.8, 4) is 0 Å². The lowest BCUT2D eigenvalue weighted by atomic mass is 10.1. The van der Waals surface area contributed by atoms with Gasteiger partial charge in [0.15, 0.2) is 0 Å². The summed E-state index contributed by atoms with van der Waals surface area (Å²) in [6.07, 6.45) is 4.66. The molecular weight excluding hydrogens is 344 g/mol. The Bertz CT molecular complexity index is 678. The van der Waals surface area contributed by atoms with Gasteiger partial charge in [0.2, 0.25) is 0 Å². The van der Waals surface area contributed by atoms with Gasteiger partial charge in [-0.25, -0.2) is 4.79 Å². The van der Waals surface area contributed by atoms with Gasteiger partial charge in [0.25, 0.3) is 5.91 Å². The van der Waals surface area contributed by atoms with Crippen LogP contribution in [0.4, 0.5) is 10.5 Å². The molecule has 0 spiro atoms. The Hall–Kier alpha value is -2.12. The third-order valence-corrected chi connectivity index (χ3v) is 5.59. The molecule has 0 radical (unpaired) electrons. The van der Waals surface area contributed by atoms with Crippen molar-refractivity contribution in [2.45, 2.75) is 37.8 Å². The summed E-state index contributed by atoms with van der Waals surface area (Å²) in [5.41, 5.74) is 1.23. The van der Waals surface area contributed by atoms with Crippen LogP contribution in [-0.4, -0.2) is 73.2 Å². The standard InChI is InChI=1S/C20H28N4O3/c25-19(24-10-12-27-13-11-24)15-2-1-3-17(14-15)22-20(26)21-16-6-8-23(9-7-16)18-4-5-18/h1-3,14,16,18H,4-13H2,(H2,21,22,26). The Labute approximate surface area is 160 Å². The first kappa shape index (κ1) is 18.3. The third-order valence-electron chi connectivity index (χ3n) is 5.59. The number of carbonyl (C=O) groups excluding carboxylic acids is 2. The number of morpholine rings is 1. The molecule has 3 aliphatic rings. The van der Waals surface area contributed by atoms with Crippen LogP contribution < -0.4 is 10.6 Å². The maximum atomic E-state index is 12.6. The number of nitrogens with one attached hydrogen (secondary N) is 2. The molecule has 27 heavy (non-hydrogen) atoms. The van der Waals surface area contributed by atoms with Crippen LogP contribution in [-0.2, 0) is 4.74 Å². The minimum Gasteiger partial charge on any atom is -0.378 e. The number of ether oxygens (including phenoxy) is 1. The molecule has 7 nitrogen and oxygen atoms in total. The molecule has 1 aromatic carbocycles. The molecule has 0 aromatic heterocycles. The van der Waals surface area contributed by atoms with Crippen molar-refractivity contribution in [2.24, 2.45) is 0 Å². The summed E-state index contributed by atoms with van der Waals surface area (Å²) in [6, 6.07) is 7.96. The molecule has 2 aliphatic heterocycles. The van der Waals surface area contributed by atoms with Gasteiger partial charge in [0.1, 0.15) is 0 Å². The van der Waals surface area contributed by atoms with E-state index < -0.39 is 0 Å². The van der Waals surface area contributed by atoms with Crippen LogP contribution in [0, 0.1) is 0 Å². The van der Waals surface area contributed by atoms with E-state index in [9.17, 15) is 9.59 Å². The highest BCUT2D eigenvalue weighted by Crippen LogP contribution is 2.29. The molecule has 3 fully saturated rings. The van der Waals surface area contributed by atoms with E-state index in [-0.39, 0.29) is 18.0 Å². The predicted molar refractivity (Wildman–Crippen MR) is 103 cm³/mol. The van der Waals surface area contributed by atoms with Crippen molar-refractivity contribution in [2.75, 3.05) is 44.7 Å². The molecular formula is C20H28N4O3. The number of likely N-dealkylation sites (tertiary alicyclic amines) is 1. The van der Waals surface area contributed by atoms with Crippen molar-refractivity contribution in [1.82, 2.24) is 15.1 Å². The molecule has 3 amide bonds. The second-order valence-electron chi connectivity index (χ2n) is 7.63. The number of benzene rings is 1. The topological polar surface area (TPSA) is 73.9 Å². The van der Waals surface area contributed by atoms with Gasteiger partial charge in [-0.2, -0.15) is 0 Å². The lowest BCUT2D eigenvalue weighted by Gasteiger charge is -2.32. The Morgan fingerprint density at radius 3 is 2.44 bits per heavy atom. The minimum atomic E-state index is -0.198.